The van der Waals surface area contributed by atoms with Gasteiger partial charge in [0.2, 0.25) is 5.95 Å². The van der Waals surface area contributed by atoms with Crippen molar-refractivity contribution >= 4 is 93.0 Å². The lowest BCUT2D eigenvalue weighted by Crippen LogP contribution is -2.07. The van der Waals surface area contributed by atoms with E-state index in [1.54, 1.807) is 0 Å². The van der Waals surface area contributed by atoms with E-state index >= 15 is 0 Å². The number of rotatable bonds is 5. The van der Waals surface area contributed by atoms with E-state index in [1.165, 1.54) is 110 Å². The molecule has 328 valence electrons. The second-order valence-electron chi connectivity index (χ2n) is 19.2. The Labute approximate surface area is 397 Å². The number of hydrogen-bond acceptors (Lipinski definition) is 2. The molecule has 0 amide bonds. The molecule has 15 rings (SSSR count). The van der Waals surface area contributed by atoms with Crippen molar-refractivity contribution in [1.82, 2.24) is 28.1 Å². The van der Waals surface area contributed by atoms with Gasteiger partial charge in [0.15, 0.2) is 0 Å². The average Bonchev–Trinajstić information content (AvgIpc) is 4.09. The minimum Gasteiger partial charge on any atom is -0.337 e. The third-order valence-corrected chi connectivity index (χ3v) is 15.3. The number of para-hydroxylation sites is 6. The van der Waals surface area contributed by atoms with Crippen LogP contribution in [0.3, 0.4) is 0 Å². The van der Waals surface area contributed by atoms with Crippen molar-refractivity contribution in [2.24, 2.45) is 0 Å². The number of nitrogens with zero attached hydrogens (tertiary/aromatic N) is 6. The Kier molecular flexibility index (Phi) is 8.40. The molecule has 69 heavy (non-hydrogen) atoms. The molecular weight excluding hydrogens is 841 g/mol. The van der Waals surface area contributed by atoms with Gasteiger partial charge in [0.1, 0.15) is 5.65 Å². The quantitative estimate of drug-likeness (QED) is 0.162. The minimum absolute atomic E-state index is 0.528. The van der Waals surface area contributed by atoms with Crippen molar-refractivity contribution in [1.29, 1.82) is 0 Å². The maximum Gasteiger partial charge on any atom is 0.221 e. The van der Waals surface area contributed by atoms with E-state index in [-0.39, 0.29) is 0 Å². The molecule has 0 saturated heterocycles. The lowest BCUT2D eigenvalue weighted by Gasteiger charge is -2.19. The first-order valence-corrected chi connectivity index (χ1v) is 24.6. The van der Waals surface area contributed by atoms with E-state index in [1.807, 2.05) is 0 Å². The van der Waals surface area contributed by atoms with Gasteiger partial charge < -0.3 is 9.13 Å². The number of fused-ring (bicyclic) bond motifs is 14. The molecule has 9 aromatic carbocycles. The molecule has 0 unspecified atom stereocenters. The van der Waals surface area contributed by atoms with Gasteiger partial charge in [-0.25, -0.2) is 9.97 Å². The molecule has 0 bridgehead atoms. The van der Waals surface area contributed by atoms with Crippen LogP contribution in [0, 0.1) is 0 Å². The molecule has 0 radical (unpaired) electrons. The Morgan fingerprint density at radius 1 is 0.333 bits per heavy atom. The monoisotopic (exact) mass is 886 g/mol. The molecular formula is C63H46N6. The van der Waals surface area contributed by atoms with Gasteiger partial charge in [-0.2, -0.15) is 0 Å². The molecule has 6 nitrogen and oxygen atoms in total. The molecule has 5 heterocycles. The fraction of sp³-hybridized carbons (Fsp3) is 0.111. The fourth-order valence-electron chi connectivity index (χ4n) is 12.2. The summed E-state index contributed by atoms with van der Waals surface area (Å²) in [5.41, 5.74) is 16.9. The SMILES string of the molecule is c1ccc(-n2c3ccccc3c3cc(-c4ccc5c6ccc(-c7ccc8c(c7)c7ccccc7n8C7CCCCCC7)cc6n(-c6nc7ccccc7c7nc8ccccc8n67)c5c4)ccc32)cc1. The maximum atomic E-state index is 5.59. The average molecular weight is 887 g/mol. The van der Waals surface area contributed by atoms with Crippen LogP contribution in [0.1, 0.15) is 44.6 Å². The third kappa shape index (κ3) is 5.78. The molecule has 0 aliphatic heterocycles. The number of aromatic nitrogens is 6. The third-order valence-electron chi connectivity index (χ3n) is 15.3. The van der Waals surface area contributed by atoms with E-state index in [0.717, 1.165) is 55.8 Å². The molecule has 1 fully saturated rings. The normalized spacial score (nSPS) is 14.0. The zero-order chi connectivity index (χ0) is 45.2. The van der Waals surface area contributed by atoms with Crippen LogP contribution >= 0.6 is 0 Å². The summed E-state index contributed by atoms with van der Waals surface area (Å²) in [5, 5.41) is 8.51. The van der Waals surface area contributed by atoms with Crippen molar-refractivity contribution in [3.05, 3.63) is 200 Å². The summed E-state index contributed by atoms with van der Waals surface area (Å²) >= 11 is 0. The molecule has 0 atom stereocenters. The van der Waals surface area contributed by atoms with Gasteiger partial charge in [-0.3, -0.25) is 8.97 Å². The Morgan fingerprint density at radius 3 is 1.54 bits per heavy atom. The van der Waals surface area contributed by atoms with Crippen LogP contribution in [0.4, 0.5) is 0 Å². The smallest absolute Gasteiger partial charge is 0.221 e. The number of hydrogen-bond donors (Lipinski definition) is 0. The first-order chi connectivity index (χ1) is 34.2. The lowest BCUT2D eigenvalue weighted by atomic mass is 9.99. The molecule has 14 aromatic rings. The summed E-state index contributed by atoms with van der Waals surface area (Å²) in [6.07, 6.45) is 7.77. The van der Waals surface area contributed by atoms with Gasteiger partial charge in [0.25, 0.3) is 0 Å². The Bertz CT molecular complexity index is 4380. The largest absolute Gasteiger partial charge is 0.337 e. The molecule has 1 aliphatic carbocycles. The summed E-state index contributed by atoms with van der Waals surface area (Å²) in [7, 11) is 0. The van der Waals surface area contributed by atoms with E-state index in [9.17, 15) is 0 Å². The zero-order valence-electron chi connectivity index (χ0n) is 38.1. The summed E-state index contributed by atoms with van der Waals surface area (Å²) in [5.74, 6) is 0.815. The highest BCUT2D eigenvalue weighted by Gasteiger charge is 2.24. The molecule has 1 saturated carbocycles. The molecule has 5 aromatic heterocycles. The predicted octanol–water partition coefficient (Wildman–Crippen LogP) is 16.6. The highest BCUT2D eigenvalue weighted by Crippen LogP contribution is 2.42. The van der Waals surface area contributed by atoms with E-state index in [2.05, 4.69) is 218 Å². The summed E-state index contributed by atoms with van der Waals surface area (Å²) in [4.78, 5) is 10.9. The highest BCUT2D eigenvalue weighted by atomic mass is 15.2. The van der Waals surface area contributed by atoms with Crippen molar-refractivity contribution < 1.29 is 0 Å². The Morgan fingerprint density at radius 2 is 0.826 bits per heavy atom. The van der Waals surface area contributed by atoms with Gasteiger partial charge in [-0.05, 0) is 120 Å². The summed E-state index contributed by atoms with van der Waals surface area (Å²) < 4.78 is 9.73. The predicted molar refractivity (Wildman–Crippen MR) is 287 cm³/mol. The standard InChI is InChI=1S/C63H46N6/c1-2-5-17-44(16-4-1)66-55-25-13-9-20-46(55)51-36-40(30-34-57(51)66)42-28-32-48-49-33-29-43(41-31-35-58-52(37-41)47-21-10-14-26-56(47)67(58)45-18-6-3-7-19-45)39-61(49)68(60(48)38-42)63-65-53-23-11-8-22-50(53)62-64-54-24-12-15-27-59(54)69(62)63/h3,6-15,18-39,44H,1-2,4-5,16-17H2. The van der Waals surface area contributed by atoms with Gasteiger partial charge in [0.05, 0.1) is 38.6 Å². The van der Waals surface area contributed by atoms with Crippen molar-refractivity contribution in [3.8, 4) is 33.9 Å². The van der Waals surface area contributed by atoms with Crippen LogP contribution in [-0.2, 0) is 0 Å². The highest BCUT2D eigenvalue weighted by molar-refractivity contribution is 6.14. The zero-order valence-corrected chi connectivity index (χ0v) is 38.1. The van der Waals surface area contributed by atoms with Crippen LogP contribution in [0.25, 0.3) is 127 Å². The van der Waals surface area contributed by atoms with Gasteiger partial charge >= 0.3 is 0 Å². The van der Waals surface area contributed by atoms with Crippen molar-refractivity contribution in [2.45, 2.75) is 44.6 Å². The van der Waals surface area contributed by atoms with E-state index in [0.29, 0.717) is 6.04 Å². The summed E-state index contributed by atoms with van der Waals surface area (Å²) in [6.45, 7) is 0. The van der Waals surface area contributed by atoms with Crippen LogP contribution in [0.2, 0.25) is 0 Å². The van der Waals surface area contributed by atoms with Gasteiger partial charge in [-0.15, -0.1) is 0 Å². The first kappa shape index (κ1) is 38.6. The minimum atomic E-state index is 0.528. The first-order valence-electron chi connectivity index (χ1n) is 24.6. The van der Waals surface area contributed by atoms with Crippen LogP contribution in [0.15, 0.2) is 200 Å². The van der Waals surface area contributed by atoms with Gasteiger partial charge in [-0.1, -0.05) is 141 Å². The molecule has 1 aliphatic rings. The van der Waals surface area contributed by atoms with Gasteiger partial charge in [0, 0.05) is 60.5 Å². The van der Waals surface area contributed by atoms with E-state index in [4.69, 9.17) is 9.97 Å². The number of imidazole rings is 1. The topological polar surface area (TPSA) is 45.0 Å². The Balaban J connectivity index is 0.981. The van der Waals surface area contributed by atoms with Crippen LogP contribution in [-0.4, -0.2) is 28.1 Å². The van der Waals surface area contributed by atoms with Crippen LogP contribution < -0.4 is 0 Å². The second-order valence-corrected chi connectivity index (χ2v) is 19.2. The lowest BCUT2D eigenvalue weighted by molar-refractivity contribution is 0.467. The number of benzene rings is 9. The fourth-order valence-corrected chi connectivity index (χ4v) is 12.2. The maximum absolute atomic E-state index is 5.59. The summed E-state index contributed by atoms with van der Waals surface area (Å²) in [6, 6.07) is 74.1. The molecule has 0 N–H and O–H groups in total. The van der Waals surface area contributed by atoms with E-state index < -0.39 is 0 Å². The Hall–Kier alpha value is -8.48. The molecule has 6 heteroatoms. The van der Waals surface area contributed by atoms with Crippen molar-refractivity contribution in [2.75, 3.05) is 0 Å². The molecule has 0 spiro atoms. The second kappa shape index (κ2) is 15.0. The van der Waals surface area contributed by atoms with Crippen LogP contribution in [0.5, 0.6) is 0 Å². The van der Waals surface area contributed by atoms with Crippen molar-refractivity contribution in [3.63, 3.8) is 0 Å².